The molecule has 5 heteroatoms. The van der Waals surface area contributed by atoms with Gasteiger partial charge in [-0.3, -0.25) is 4.98 Å². The number of benzene rings is 1. The van der Waals surface area contributed by atoms with Gasteiger partial charge in [0.2, 0.25) is 0 Å². The minimum absolute atomic E-state index is 0.609. The van der Waals surface area contributed by atoms with Crippen LogP contribution in [-0.4, -0.2) is 14.5 Å². The molecule has 2 aromatic heterocycles. The second-order valence-electron chi connectivity index (χ2n) is 3.69. The Hall–Kier alpha value is -2.07. The highest BCUT2D eigenvalue weighted by molar-refractivity contribution is 6.31. The largest absolute Gasteiger partial charge is 0.396 e. The number of fused-ring (bicyclic) bond motifs is 1. The lowest BCUT2D eigenvalue weighted by Gasteiger charge is -2.10. The van der Waals surface area contributed by atoms with Crippen molar-refractivity contribution in [3.8, 4) is 5.69 Å². The molecule has 3 rings (SSSR count). The fraction of sp³-hybridized carbons (Fsp3) is 0. The van der Waals surface area contributed by atoms with Crippen LogP contribution in [0.2, 0.25) is 5.02 Å². The third kappa shape index (κ3) is 1.62. The first kappa shape index (κ1) is 10.1. The van der Waals surface area contributed by atoms with Gasteiger partial charge in [0.05, 0.1) is 29.4 Å². The van der Waals surface area contributed by atoms with E-state index in [1.807, 2.05) is 29.0 Å². The highest BCUT2D eigenvalue weighted by atomic mass is 35.5. The number of pyridine rings is 1. The van der Waals surface area contributed by atoms with Crippen LogP contribution in [0.3, 0.4) is 0 Å². The van der Waals surface area contributed by atoms with E-state index in [0.29, 0.717) is 10.7 Å². The van der Waals surface area contributed by atoms with E-state index in [-0.39, 0.29) is 0 Å². The van der Waals surface area contributed by atoms with Crippen LogP contribution in [0.25, 0.3) is 16.6 Å². The summed E-state index contributed by atoms with van der Waals surface area (Å²) in [4.78, 5) is 8.29. The van der Waals surface area contributed by atoms with Gasteiger partial charge in [-0.2, -0.15) is 0 Å². The first-order chi connectivity index (χ1) is 8.25. The van der Waals surface area contributed by atoms with E-state index >= 15 is 0 Å². The Balaban J connectivity index is 2.40. The van der Waals surface area contributed by atoms with Crippen LogP contribution in [0.5, 0.6) is 0 Å². The maximum Gasteiger partial charge on any atom is 0.0992 e. The molecule has 0 bridgehead atoms. The van der Waals surface area contributed by atoms with Crippen molar-refractivity contribution in [2.45, 2.75) is 0 Å². The van der Waals surface area contributed by atoms with Gasteiger partial charge >= 0.3 is 0 Å². The van der Waals surface area contributed by atoms with Crippen molar-refractivity contribution in [3.05, 3.63) is 48.1 Å². The number of aromatic nitrogens is 3. The normalized spacial score (nSPS) is 10.9. The van der Waals surface area contributed by atoms with Crippen molar-refractivity contribution in [2.24, 2.45) is 0 Å². The Labute approximate surface area is 103 Å². The number of rotatable bonds is 1. The molecule has 0 saturated carbocycles. The SMILES string of the molecule is Nc1cnc2cc(Cl)ccc2c1-n1ccnc1. The molecule has 0 unspecified atom stereocenters. The van der Waals surface area contributed by atoms with Crippen molar-refractivity contribution in [1.82, 2.24) is 14.5 Å². The van der Waals surface area contributed by atoms with Crippen LogP contribution in [0.15, 0.2) is 43.1 Å². The molecule has 0 aliphatic rings. The molecule has 1 aromatic carbocycles. The monoisotopic (exact) mass is 244 g/mol. The Morgan fingerprint density at radius 3 is 2.94 bits per heavy atom. The second kappa shape index (κ2) is 3.75. The van der Waals surface area contributed by atoms with Crippen LogP contribution >= 0.6 is 11.6 Å². The molecular weight excluding hydrogens is 236 g/mol. The Morgan fingerprint density at radius 2 is 2.18 bits per heavy atom. The van der Waals surface area contributed by atoms with Crippen LogP contribution in [0.1, 0.15) is 0 Å². The number of hydrogen-bond acceptors (Lipinski definition) is 3. The number of nitrogens with zero attached hydrogens (tertiary/aromatic N) is 3. The molecule has 2 N–H and O–H groups in total. The molecule has 0 aliphatic heterocycles. The molecule has 2 heterocycles. The van der Waals surface area contributed by atoms with Crippen LogP contribution < -0.4 is 5.73 Å². The van der Waals surface area contributed by atoms with Crippen molar-refractivity contribution < 1.29 is 0 Å². The zero-order valence-electron chi connectivity index (χ0n) is 8.84. The van der Waals surface area contributed by atoms with E-state index in [9.17, 15) is 0 Å². The van der Waals surface area contributed by atoms with Gasteiger partial charge < -0.3 is 10.3 Å². The summed E-state index contributed by atoms with van der Waals surface area (Å²) in [5.74, 6) is 0. The van der Waals surface area contributed by atoms with E-state index < -0.39 is 0 Å². The highest BCUT2D eigenvalue weighted by Gasteiger charge is 2.08. The molecule has 0 saturated heterocycles. The third-order valence-corrected chi connectivity index (χ3v) is 2.83. The van der Waals surface area contributed by atoms with Crippen molar-refractivity contribution in [1.29, 1.82) is 0 Å². The maximum absolute atomic E-state index is 5.97. The summed E-state index contributed by atoms with van der Waals surface area (Å²) >= 11 is 5.95. The molecule has 0 amide bonds. The lowest BCUT2D eigenvalue weighted by atomic mass is 10.1. The minimum atomic E-state index is 0.609. The Kier molecular flexibility index (Phi) is 2.23. The number of nitrogens with two attached hydrogens (primary N) is 1. The molecule has 0 fully saturated rings. The molecular formula is C12H9ClN4. The van der Waals surface area contributed by atoms with Gasteiger partial charge in [0, 0.05) is 22.8 Å². The molecule has 0 aliphatic carbocycles. The Morgan fingerprint density at radius 1 is 1.29 bits per heavy atom. The van der Waals surface area contributed by atoms with E-state index in [1.165, 1.54) is 0 Å². The van der Waals surface area contributed by atoms with Gasteiger partial charge in [-0.1, -0.05) is 11.6 Å². The number of nitrogen functional groups attached to an aromatic ring is 1. The molecule has 0 spiro atoms. The molecule has 0 radical (unpaired) electrons. The number of hydrogen-bond donors (Lipinski definition) is 1. The molecule has 0 atom stereocenters. The summed E-state index contributed by atoms with van der Waals surface area (Å²) in [6.07, 6.45) is 6.90. The lowest BCUT2D eigenvalue weighted by Crippen LogP contribution is -2.00. The van der Waals surface area contributed by atoms with Gasteiger partial charge in [-0.15, -0.1) is 0 Å². The summed E-state index contributed by atoms with van der Waals surface area (Å²) in [5.41, 5.74) is 8.27. The van der Waals surface area contributed by atoms with Gasteiger partial charge in [-0.25, -0.2) is 4.98 Å². The summed E-state index contributed by atoms with van der Waals surface area (Å²) in [7, 11) is 0. The van der Waals surface area contributed by atoms with Crippen molar-refractivity contribution in [2.75, 3.05) is 5.73 Å². The minimum Gasteiger partial charge on any atom is -0.396 e. The molecule has 3 aromatic rings. The fourth-order valence-corrected chi connectivity index (χ4v) is 2.01. The van der Waals surface area contributed by atoms with Crippen molar-refractivity contribution >= 4 is 28.2 Å². The molecule has 17 heavy (non-hydrogen) atoms. The number of halogens is 1. The average Bonchev–Trinajstić information content (AvgIpc) is 2.82. The highest BCUT2D eigenvalue weighted by Crippen LogP contribution is 2.27. The summed E-state index contributed by atoms with van der Waals surface area (Å²) < 4.78 is 1.87. The van der Waals surface area contributed by atoms with Gasteiger partial charge in [0.15, 0.2) is 0 Å². The topological polar surface area (TPSA) is 56.7 Å². The standard InChI is InChI=1S/C12H9ClN4/c13-8-1-2-9-11(5-8)16-6-10(14)12(9)17-4-3-15-7-17/h1-7H,14H2. The van der Waals surface area contributed by atoms with Gasteiger partial charge in [0.1, 0.15) is 0 Å². The van der Waals surface area contributed by atoms with Crippen LogP contribution in [0.4, 0.5) is 5.69 Å². The van der Waals surface area contributed by atoms with E-state index in [4.69, 9.17) is 17.3 Å². The van der Waals surface area contributed by atoms with Gasteiger partial charge in [-0.05, 0) is 18.2 Å². The third-order valence-electron chi connectivity index (χ3n) is 2.59. The smallest absolute Gasteiger partial charge is 0.0992 e. The summed E-state index contributed by atoms with van der Waals surface area (Å²) in [5, 5.41) is 1.61. The first-order valence-corrected chi connectivity index (χ1v) is 5.45. The molecule has 4 nitrogen and oxygen atoms in total. The zero-order valence-corrected chi connectivity index (χ0v) is 9.59. The van der Waals surface area contributed by atoms with E-state index in [1.54, 1.807) is 18.7 Å². The van der Waals surface area contributed by atoms with Crippen LogP contribution in [0, 0.1) is 0 Å². The first-order valence-electron chi connectivity index (χ1n) is 5.08. The van der Waals surface area contributed by atoms with Crippen LogP contribution in [-0.2, 0) is 0 Å². The van der Waals surface area contributed by atoms with Crippen molar-refractivity contribution in [3.63, 3.8) is 0 Å². The quantitative estimate of drug-likeness (QED) is 0.716. The Bertz CT molecular complexity index is 676. The lowest BCUT2D eigenvalue weighted by molar-refractivity contribution is 1.07. The van der Waals surface area contributed by atoms with E-state index in [2.05, 4.69) is 9.97 Å². The average molecular weight is 245 g/mol. The predicted octanol–water partition coefficient (Wildman–Crippen LogP) is 2.66. The zero-order chi connectivity index (χ0) is 11.8. The maximum atomic E-state index is 5.97. The second-order valence-corrected chi connectivity index (χ2v) is 4.13. The number of imidazole rings is 1. The predicted molar refractivity (Wildman–Crippen MR) is 68.3 cm³/mol. The fourth-order valence-electron chi connectivity index (χ4n) is 1.85. The summed E-state index contributed by atoms with van der Waals surface area (Å²) in [6, 6.07) is 5.55. The molecule has 84 valence electrons. The van der Waals surface area contributed by atoms with Gasteiger partial charge in [0.25, 0.3) is 0 Å². The van der Waals surface area contributed by atoms with E-state index in [0.717, 1.165) is 16.6 Å². The number of anilines is 1. The summed E-state index contributed by atoms with van der Waals surface area (Å²) in [6.45, 7) is 0.